The lowest BCUT2D eigenvalue weighted by atomic mass is 10.0. The van der Waals surface area contributed by atoms with Gasteiger partial charge in [0, 0.05) is 5.56 Å². The van der Waals surface area contributed by atoms with Crippen molar-refractivity contribution >= 4 is 11.8 Å². The first-order valence-electron chi connectivity index (χ1n) is 5.36. The highest BCUT2D eigenvalue weighted by Crippen LogP contribution is 2.28. The maximum Gasteiger partial charge on any atom is 0.406 e. The Bertz CT molecular complexity index is 461. The van der Waals surface area contributed by atoms with Crippen molar-refractivity contribution in [2.24, 2.45) is 0 Å². The number of esters is 1. The summed E-state index contributed by atoms with van der Waals surface area (Å²) < 4.78 is 9.75. The summed E-state index contributed by atoms with van der Waals surface area (Å²) in [5.41, 5.74) is 0.510. The topological polar surface area (TPSA) is 91.6 Å². The summed E-state index contributed by atoms with van der Waals surface area (Å²) in [5, 5.41) is 10.7. The van der Waals surface area contributed by atoms with Crippen molar-refractivity contribution in [1.29, 1.82) is 0 Å². The number of carbonyl (C=O) groups is 1. The first-order chi connectivity index (χ1) is 8.51. The van der Waals surface area contributed by atoms with Crippen molar-refractivity contribution in [3.8, 4) is 5.75 Å². The zero-order valence-electron chi connectivity index (χ0n) is 10.4. The highest BCUT2D eigenvalue weighted by Gasteiger charge is 2.23. The van der Waals surface area contributed by atoms with E-state index < -0.39 is 16.8 Å². The average Bonchev–Trinajstić information content (AvgIpc) is 2.37. The van der Waals surface area contributed by atoms with Crippen LogP contribution in [-0.2, 0) is 9.53 Å². The molecule has 0 spiro atoms. The summed E-state index contributed by atoms with van der Waals surface area (Å²) in [4.78, 5) is 25.2. The predicted molar refractivity (Wildman–Crippen MR) is 62.5 cm³/mol. The van der Waals surface area contributed by atoms with Gasteiger partial charge in [0.25, 0.3) is 0 Å². The van der Waals surface area contributed by atoms with Crippen LogP contribution in [-0.4, -0.2) is 29.6 Å². The Morgan fingerprint density at radius 2 is 2.28 bits per heavy atom. The number of pyridine rings is 1. The van der Waals surface area contributed by atoms with Crippen LogP contribution >= 0.6 is 0 Å². The van der Waals surface area contributed by atoms with Gasteiger partial charge in [0.05, 0.1) is 19.6 Å². The van der Waals surface area contributed by atoms with Gasteiger partial charge in [-0.3, -0.25) is 4.79 Å². The highest BCUT2D eigenvalue weighted by molar-refractivity contribution is 5.77. The third-order valence-electron chi connectivity index (χ3n) is 2.39. The van der Waals surface area contributed by atoms with E-state index in [1.807, 2.05) is 0 Å². The fourth-order valence-corrected chi connectivity index (χ4v) is 1.38. The van der Waals surface area contributed by atoms with E-state index in [1.165, 1.54) is 19.4 Å². The number of hydrogen-bond donors (Lipinski definition) is 0. The molecule has 0 saturated heterocycles. The van der Waals surface area contributed by atoms with Gasteiger partial charge in [-0.25, -0.2) is 0 Å². The van der Waals surface area contributed by atoms with Gasteiger partial charge in [0.15, 0.2) is 0 Å². The summed E-state index contributed by atoms with van der Waals surface area (Å²) in [6, 6.07) is 1.42. The number of ether oxygens (including phenoxy) is 2. The number of aromatic nitrogens is 1. The minimum absolute atomic E-state index is 0.0219. The van der Waals surface area contributed by atoms with Crippen LogP contribution in [0.4, 0.5) is 5.82 Å². The molecule has 0 amide bonds. The SMILES string of the molecule is CCOC(=O)C(C)c1cnc([N+](=O)[O-])c(OC)c1. The Hall–Kier alpha value is -2.18. The molecule has 0 aromatic carbocycles. The second kappa shape index (κ2) is 5.95. The molecule has 0 N–H and O–H groups in total. The van der Waals surface area contributed by atoms with Crippen LogP contribution in [0.5, 0.6) is 5.75 Å². The molecule has 0 aliphatic carbocycles. The molecule has 1 unspecified atom stereocenters. The van der Waals surface area contributed by atoms with Crippen molar-refractivity contribution < 1.29 is 19.2 Å². The lowest BCUT2D eigenvalue weighted by molar-refractivity contribution is -0.390. The third-order valence-corrected chi connectivity index (χ3v) is 2.39. The quantitative estimate of drug-likeness (QED) is 0.451. The number of rotatable bonds is 5. The second-order valence-electron chi connectivity index (χ2n) is 3.53. The number of methoxy groups -OCH3 is 1. The zero-order chi connectivity index (χ0) is 13.7. The van der Waals surface area contributed by atoms with E-state index in [0.29, 0.717) is 5.56 Å². The van der Waals surface area contributed by atoms with E-state index in [-0.39, 0.29) is 18.2 Å². The number of carbonyl (C=O) groups excluding carboxylic acids is 1. The van der Waals surface area contributed by atoms with E-state index in [4.69, 9.17) is 9.47 Å². The van der Waals surface area contributed by atoms with Crippen molar-refractivity contribution in [2.45, 2.75) is 19.8 Å². The number of nitro groups is 1. The van der Waals surface area contributed by atoms with Gasteiger partial charge in [0.2, 0.25) is 5.75 Å². The monoisotopic (exact) mass is 254 g/mol. The van der Waals surface area contributed by atoms with Crippen molar-refractivity contribution in [3.63, 3.8) is 0 Å². The molecule has 0 aliphatic heterocycles. The Labute approximate surface area is 104 Å². The Morgan fingerprint density at radius 3 is 2.78 bits per heavy atom. The van der Waals surface area contributed by atoms with Crippen LogP contribution in [0.2, 0.25) is 0 Å². The molecule has 0 bridgehead atoms. The van der Waals surface area contributed by atoms with Crippen LogP contribution in [0, 0.1) is 10.1 Å². The van der Waals surface area contributed by atoms with Crippen molar-refractivity contribution in [1.82, 2.24) is 4.98 Å². The van der Waals surface area contributed by atoms with Crippen molar-refractivity contribution in [2.75, 3.05) is 13.7 Å². The maximum absolute atomic E-state index is 11.5. The summed E-state index contributed by atoms with van der Waals surface area (Å²) in [6.45, 7) is 3.63. The van der Waals surface area contributed by atoms with E-state index >= 15 is 0 Å². The minimum Gasteiger partial charge on any atom is -0.489 e. The summed E-state index contributed by atoms with van der Waals surface area (Å²) in [7, 11) is 1.31. The van der Waals surface area contributed by atoms with Crippen LogP contribution in [0.25, 0.3) is 0 Å². The molecule has 0 aliphatic rings. The van der Waals surface area contributed by atoms with Gasteiger partial charge >= 0.3 is 11.8 Å². The Balaban J connectivity index is 3.05. The Kier molecular flexibility index (Phi) is 4.59. The molecule has 0 radical (unpaired) electrons. The zero-order valence-corrected chi connectivity index (χ0v) is 10.4. The molecular formula is C11H14N2O5. The molecule has 1 heterocycles. The lowest BCUT2D eigenvalue weighted by Crippen LogP contribution is -2.13. The maximum atomic E-state index is 11.5. The summed E-state index contributed by atoms with van der Waals surface area (Å²) in [5.74, 6) is -1.31. The first-order valence-corrected chi connectivity index (χ1v) is 5.36. The van der Waals surface area contributed by atoms with Crippen LogP contribution < -0.4 is 4.74 Å². The van der Waals surface area contributed by atoms with Gasteiger partial charge in [-0.05, 0) is 29.8 Å². The van der Waals surface area contributed by atoms with Crippen LogP contribution in [0.3, 0.4) is 0 Å². The van der Waals surface area contributed by atoms with E-state index in [2.05, 4.69) is 4.98 Å². The smallest absolute Gasteiger partial charge is 0.406 e. The minimum atomic E-state index is -0.641. The van der Waals surface area contributed by atoms with E-state index in [1.54, 1.807) is 13.8 Å². The van der Waals surface area contributed by atoms with Gasteiger partial charge in [-0.1, -0.05) is 0 Å². The van der Waals surface area contributed by atoms with Gasteiger partial charge in [0.1, 0.15) is 6.20 Å². The third kappa shape index (κ3) is 2.93. The first kappa shape index (κ1) is 13.9. The largest absolute Gasteiger partial charge is 0.489 e. The molecule has 98 valence electrons. The fraction of sp³-hybridized carbons (Fsp3) is 0.455. The Morgan fingerprint density at radius 1 is 1.61 bits per heavy atom. The molecule has 7 nitrogen and oxygen atoms in total. The van der Waals surface area contributed by atoms with E-state index in [0.717, 1.165) is 0 Å². The van der Waals surface area contributed by atoms with Gasteiger partial charge in [-0.2, -0.15) is 0 Å². The lowest BCUT2D eigenvalue weighted by Gasteiger charge is -2.10. The molecular weight excluding hydrogens is 240 g/mol. The number of nitrogens with zero attached hydrogens (tertiary/aromatic N) is 2. The van der Waals surface area contributed by atoms with E-state index in [9.17, 15) is 14.9 Å². The predicted octanol–water partition coefficient (Wildman–Crippen LogP) is 1.67. The van der Waals surface area contributed by atoms with Gasteiger partial charge < -0.3 is 19.6 Å². The van der Waals surface area contributed by atoms with Crippen molar-refractivity contribution in [3.05, 3.63) is 27.9 Å². The molecule has 1 aromatic heterocycles. The number of hydrogen-bond acceptors (Lipinski definition) is 6. The average molecular weight is 254 g/mol. The second-order valence-corrected chi connectivity index (χ2v) is 3.53. The molecule has 0 fully saturated rings. The van der Waals surface area contributed by atoms with Crippen LogP contribution in [0.1, 0.15) is 25.3 Å². The highest BCUT2D eigenvalue weighted by atomic mass is 16.6. The molecule has 1 atom stereocenters. The fourth-order valence-electron chi connectivity index (χ4n) is 1.38. The van der Waals surface area contributed by atoms with Crippen LogP contribution in [0.15, 0.2) is 12.3 Å². The molecule has 1 rings (SSSR count). The molecule has 7 heteroatoms. The molecule has 1 aromatic rings. The molecule has 18 heavy (non-hydrogen) atoms. The summed E-state index contributed by atoms with van der Waals surface area (Å²) >= 11 is 0. The summed E-state index contributed by atoms with van der Waals surface area (Å²) in [6.07, 6.45) is 1.28. The molecule has 0 saturated carbocycles. The standard InChI is InChI=1S/C11H14N2O5/c1-4-18-11(14)7(2)8-5-9(17-3)10(12-6-8)13(15)16/h5-7H,4H2,1-3H3. The van der Waals surface area contributed by atoms with Gasteiger partial charge in [-0.15, -0.1) is 0 Å². The normalized spacial score (nSPS) is 11.7.